The number of hydrogen-bond acceptors (Lipinski definition) is 4. The highest BCUT2D eigenvalue weighted by Gasteiger charge is 2.21. The van der Waals surface area contributed by atoms with E-state index in [4.69, 9.17) is 21.1 Å². The average Bonchev–Trinajstić information content (AvgIpc) is 3.24. The third kappa shape index (κ3) is 2.88. The van der Waals surface area contributed by atoms with Crippen LogP contribution < -0.4 is 4.74 Å². The number of hydrogen-bond donors (Lipinski definition) is 0. The Labute approximate surface area is 122 Å². The van der Waals surface area contributed by atoms with Gasteiger partial charge in [-0.15, -0.1) is 11.6 Å². The van der Waals surface area contributed by atoms with Gasteiger partial charge in [-0.1, -0.05) is 0 Å². The van der Waals surface area contributed by atoms with Gasteiger partial charge in [0, 0.05) is 19.2 Å². The van der Waals surface area contributed by atoms with Crippen molar-refractivity contribution in [1.29, 1.82) is 0 Å². The highest BCUT2D eigenvalue weighted by molar-refractivity contribution is 6.16. The summed E-state index contributed by atoms with van der Waals surface area (Å²) in [5.41, 5.74) is 1.64. The zero-order valence-corrected chi connectivity index (χ0v) is 12.3. The lowest BCUT2D eigenvalue weighted by atomic mass is 10.4. The van der Waals surface area contributed by atoms with Gasteiger partial charge in [0.25, 0.3) is 0 Å². The van der Waals surface area contributed by atoms with E-state index in [0.717, 1.165) is 29.5 Å². The fourth-order valence-electron chi connectivity index (χ4n) is 2.17. The van der Waals surface area contributed by atoms with Crippen molar-refractivity contribution in [2.24, 2.45) is 5.92 Å². The molecule has 2 aromatic rings. The number of imidazole rings is 1. The van der Waals surface area contributed by atoms with Crippen molar-refractivity contribution in [2.45, 2.75) is 25.3 Å². The molecule has 108 valence electrons. The summed E-state index contributed by atoms with van der Waals surface area (Å²) in [6.45, 7) is 2.23. The number of aromatic nitrogens is 3. The minimum Gasteiger partial charge on any atom is -0.481 e. The summed E-state index contributed by atoms with van der Waals surface area (Å²) in [5, 5.41) is 0. The molecule has 0 unspecified atom stereocenters. The maximum absolute atomic E-state index is 5.97. The number of methoxy groups -OCH3 is 1. The topological polar surface area (TPSA) is 49.2 Å². The maximum atomic E-state index is 5.97. The van der Waals surface area contributed by atoms with Crippen molar-refractivity contribution in [3.05, 3.63) is 18.0 Å². The van der Waals surface area contributed by atoms with Gasteiger partial charge in [0.1, 0.15) is 11.3 Å². The molecule has 2 aromatic heterocycles. The molecule has 20 heavy (non-hydrogen) atoms. The van der Waals surface area contributed by atoms with Crippen molar-refractivity contribution in [1.82, 2.24) is 14.5 Å². The van der Waals surface area contributed by atoms with Crippen molar-refractivity contribution >= 4 is 22.8 Å². The first-order chi connectivity index (χ1) is 9.81. The second-order valence-electron chi connectivity index (χ2n) is 5.03. The minimum atomic E-state index is 0.362. The number of halogens is 1. The highest BCUT2D eigenvalue weighted by Crippen LogP contribution is 2.28. The van der Waals surface area contributed by atoms with Crippen LogP contribution in [0.3, 0.4) is 0 Å². The highest BCUT2D eigenvalue weighted by atomic mass is 35.5. The van der Waals surface area contributed by atoms with E-state index in [1.54, 1.807) is 13.2 Å². The van der Waals surface area contributed by atoms with Crippen molar-refractivity contribution in [3.63, 3.8) is 0 Å². The molecule has 0 aliphatic heterocycles. The standard InChI is InChI=1S/C14H18ClN3O2/c1-19-13-5-4-11-14(17-13)18(12(8-15)16-11)6-7-20-9-10-2-3-10/h4-5,10H,2-3,6-9H2,1H3. The van der Waals surface area contributed by atoms with Gasteiger partial charge in [-0.3, -0.25) is 0 Å². The minimum absolute atomic E-state index is 0.362. The van der Waals surface area contributed by atoms with Crippen LogP contribution in [0.4, 0.5) is 0 Å². The normalized spacial score (nSPS) is 14.9. The molecule has 6 heteroatoms. The van der Waals surface area contributed by atoms with E-state index in [1.807, 2.05) is 10.6 Å². The summed E-state index contributed by atoms with van der Waals surface area (Å²) in [6.07, 6.45) is 2.61. The van der Waals surface area contributed by atoms with Gasteiger partial charge >= 0.3 is 0 Å². The Kier molecular flexibility index (Phi) is 4.08. The molecule has 0 N–H and O–H groups in total. The number of alkyl halides is 1. The molecule has 0 spiro atoms. The first-order valence-corrected chi connectivity index (χ1v) is 7.39. The van der Waals surface area contributed by atoms with E-state index in [1.165, 1.54) is 12.8 Å². The molecule has 1 aliphatic carbocycles. The number of pyridine rings is 1. The summed E-state index contributed by atoms with van der Waals surface area (Å²) in [6, 6.07) is 3.71. The molecule has 0 atom stereocenters. The summed E-state index contributed by atoms with van der Waals surface area (Å²) >= 11 is 5.97. The Balaban J connectivity index is 1.77. The van der Waals surface area contributed by atoms with E-state index in [0.29, 0.717) is 24.9 Å². The average molecular weight is 296 g/mol. The Morgan fingerprint density at radius 2 is 2.20 bits per heavy atom. The third-order valence-corrected chi connectivity index (χ3v) is 3.72. The Bertz CT molecular complexity index is 595. The zero-order chi connectivity index (χ0) is 13.9. The fraction of sp³-hybridized carbons (Fsp3) is 0.571. The van der Waals surface area contributed by atoms with Crippen LogP contribution in [0.5, 0.6) is 5.88 Å². The largest absolute Gasteiger partial charge is 0.481 e. The van der Waals surface area contributed by atoms with E-state index in [9.17, 15) is 0 Å². The molecular formula is C14H18ClN3O2. The molecule has 0 radical (unpaired) electrons. The number of rotatable bonds is 7. The first kappa shape index (κ1) is 13.6. The molecule has 1 saturated carbocycles. The molecule has 5 nitrogen and oxygen atoms in total. The predicted molar refractivity (Wildman–Crippen MR) is 77.2 cm³/mol. The van der Waals surface area contributed by atoms with Crippen LogP contribution >= 0.6 is 11.6 Å². The monoisotopic (exact) mass is 295 g/mol. The first-order valence-electron chi connectivity index (χ1n) is 6.85. The number of ether oxygens (including phenoxy) is 2. The van der Waals surface area contributed by atoms with Crippen LogP contribution in [0, 0.1) is 5.92 Å². The van der Waals surface area contributed by atoms with Crippen molar-refractivity contribution in [3.8, 4) is 5.88 Å². The molecule has 2 heterocycles. The van der Waals surface area contributed by atoms with E-state index in [-0.39, 0.29) is 0 Å². The lowest BCUT2D eigenvalue weighted by Crippen LogP contribution is -2.10. The van der Waals surface area contributed by atoms with E-state index < -0.39 is 0 Å². The zero-order valence-electron chi connectivity index (χ0n) is 11.5. The smallest absolute Gasteiger partial charge is 0.215 e. The SMILES string of the molecule is COc1ccc2nc(CCl)n(CCOCC3CC3)c2n1. The van der Waals surface area contributed by atoms with Crippen molar-refractivity contribution < 1.29 is 9.47 Å². The van der Waals surface area contributed by atoms with Gasteiger partial charge in [-0.25, -0.2) is 4.98 Å². The van der Waals surface area contributed by atoms with Gasteiger partial charge in [-0.2, -0.15) is 4.98 Å². The molecule has 0 amide bonds. The second-order valence-corrected chi connectivity index (χ2v) is 5.30. The summed E-state index contributed by atoms with van der Waals surface area (Å²) < 4.78 is 12.9. The van der Waals surface area contributed by atoms with Crippen LogP contribution in [0.15, 0.2) is 12.1 Å². The maximum Gasteiger partial charge on any atom is 0.215 e. The van der Waals surface area contributed by atoms with Crippen LogP contribution in [-0.2, 0) is 17.2 Å². The summed E-state index contributed by atoms with van der Waals surface area (Å²) in [4.78, 5) is 8.94. The molecular weight excluding hydrogens is 278 g/mol. The van der Waals surface area contributed by atoms with Gasteiger partial charge in [0.05, 0.1) is 19.6 Å². The van der Waals surface area contributed by atoms with E-state index in [2.05, 4.69) is 9.97 Å². The Morgan fingerprint density at radius 1 is 1.35 bits per heavy atom. The molecule has 0 saturated heterocycles. The molecule has 1 aliphatic rings. The van der Waals surface area contributed by atoms with Crippen LogP contribution in [0.25, 0.3) is 11.2 Å². The van der Waals surface area contributed by atoms with E-state index >= 15 is 0 Å². The van der Waals surface area contributed by atoms with Crippen LogP contribution in [0.1, 0.15) is 18.7 Å². The van der Waals surface area contributed by atoms with Gasteiger partial charge in [0.15, 0.2) is 5.65 Å². The fourth-order valence-corrected chi connectivity index (χ4v) is 2.38. The second kappa shape index (κ2) is 5.97. The van der Waals surface area contributed by atoms with Crippen molar-refractivity contribution in [2.75, 3.05) is 20.3 Å². The number of nitrogens with zero attached hydrogens (tertiary/aromatic N) is 3. The van der Waals surface area contributed by atoms with Gasteiger partial charge in [0.2, 0.25) is 5.88 Å². The summed E-state index contributed by atoms with van der Waals surface area (Å²) in [5.74, 6) is 2.54. The molecule has 0 aromatic carbocycles. The lowest BCUT2D eigenvalue weighted by Gasteiger charge is -2.08. The Morgan fingerprint density at radius 3 is 2.90 bits per heavy atom. The summed E-state index contributed by atoms with van der Waals surface area (Å²) in [7, 11) is 1.61. The van der Waals surface area contributed by atoms with Gasteiger partial charge < -0.3 is 14.0 Å². The molecule has 1 fully saturated rings. The number of fused-ring (bicyclic) bond motifs is 1. The van der Waals surface area contributed by atoms with Gasteiger partial charge in [-0.05, 0) is 24.8 Å². The molecule has 3 rings (SSSR count). The Hall–Kier alpha value is -1.33. The lowest BCUT2D eigenvalue weighted by molar-refractivity contribution is 0.117. The molecule has 0 bridgehead atoms. The van der Waals surface area contributed by atoms with Crippen LogP contribution in [0.2, 0.25) is 0 Å². The quantitative estimate of drug-likeness (QED) is 0.582. The third-order valence-electron chi connectivity index (χ3n) is 3.48. The predicted octanol–water partition coefficient (Wildman–Crippen LogP) is 2.61. The van der Waals surface area contributed by atoms with Crippen LogP contribution in [-0.4, -0.2) is 34.9 Å².